The van der Waals surface area contributed by atoms with Crippen LogP contribution in [0.1, 0.15) is 43.0 Å². The standard InChI is InChI=1S/C16H20N2O/c1-16(2)8-11(6-12-9-17-10-18-12)14-7-13(19-3)4-5-15(14)16/h4-5,7,9-11H,6,8H2,1-3H3,(H,17,18). The Morgan fingerprint density at radius 3 is 2.95 bits per heavy atom. The molecule has 100 valence electrons. The van der Waals surface area contributed by atoms with Crippen molar-refractivity contribution in [3.8, 4) is 5.75 Å². The van der Waals surface area contributed by atoms with Crippen LogP contribution in [-0.4, -0.2) is 17.1 Å². The predicted molar refractivity (Wildman–Crippen MR) is 75.7 cm³/mol. The van der Waals surface area contributed by atoms with Crippen LogP contribution < -0.4 is 4.74 Å². The van der Waals surface area contributed by atoms with Gasteiger partial charge >= 0.3 is 0 Å². The van der Waals surface area contributed by atoms with E-state index in [-0.39, 0.29) is 5.41 Å². The number of hydrogen-bond acceptors (Lipinski definition) is 2. The normalized spacial score (nSPS) is 20.3. The average molecular weight is 256 g/mol. The molecule has 19 heavy (non-hydrogen) atoms. The van der Waals surface area contributed by atoms with Gasteiger partial charge in [-0.15, -0.1) is 0 Å². The Bertz CT molecular complexity index is 572. The minimum Gasteiger partial charge on any atom is -0.497 e. The van der Waals surface area contributed by atoms with Crippen molar-refractivity contribution in [3.05, 3.63) is 47.5 Å². The maximum Gasteiger partial charge on any atom is 0.119 e. The second-order valence-corrected chi connectivity index (χ2v) is 6.02. The van der Waals surface area contributed by atoms with Crippen molar-refractivity contribution in [2.45, 2.75) is 38.0 Å². The van der Waals surface area contributed by atoms with Crippen molar-refractivity contribution in [2.75, 3.05) is 7.11 Å². The second-order valence-electron chi connectivity index (χ2n) is 6.02. The van der Waals surface area contributed by atoms with Gasteiger partial charge in [0, 0.05) is 11.9 Å². The average Bonchev–Trinajstić information content (AvgIpc) is 2.97. The summed E-state index contributed by atoms with van der Waals surface area (Å²) in [6.07, 6.45) is 5.87. The number of benzene rings is 1. The van der Waals surface area contributed by atoms with Crippen molar-refractivity contribution in [1.29, 1.82) is 0 Å². The Labute approximate surface area is 114 Å². The Morgan fingerprint density at radius 2 is 2.26 bits per heavy atom. The quantitative estimate of drug-likeness (QED) is 0.913. The lowest BCUT2D eigenvalue weighted by molar-refractivity contribution is 0.414. The van der Waals surface area contributed by atoms with Crippen molar-refractivity contribution in [2.24, 2.45) is 0 Å². The maximum atomic E-state index is 5.37. The van der Waals surface area contributed by atoms with E-state index in [1.165, 1.54) is 23.2 Å². The SMILES string of the molecule is COc1ccc2c(c1)C(Cc1cnc[nH]1)CC2(C)C. The van der Waals surface area contributed by atoms with Crippen LogP contribution in [0.2, 0.25) is 0 Å². The molecule has 0 aliphatic heterocycles. The fourth-order valence-corrected chi connectivity index (χ4v) is 3.30. The predicted octanol–water partition coefficient (Wildman–Crippen LogP) is 3.43. The Morgan fingerprint density at radius 1 is 1.42 bits per heavy atom. The first-order chi connectivity index (χ1) is 9.10. The van der Waals surface area contributed by atoms with Gasteiger partial charge < -0.3 is 9.72 Å². The molecule has 0 amide bonds. The van der Waals surface area contributed by atoms with E-state index in [1.54, 1.807) is 13.4 Å². The fourth-order valence-electron chi connectivity index (χ4n) is 3.30. The molecule has 0 radical (unpaired) electrons. The zero-order valence-electron chi connectivity index (χ0n) is 11.7. The smallest absolute Gasteiger partial charge is 0.119 e. The Balaban J connectivity index is 1.97. The van der Waals surface area contributed by atoms with Gasteiger partial charge in [0.1, 0.15) is 5.75 Å². The largest absolute Gasteiger partial charge is 0.497 e. The molecule has 1 aliphatic carbocycles. The van der Waals surface area contributed by atoms with Gasteiger partial charge in [-0.2, -0.15) is 0 Å². The molecule has 3 rings (SSSR count). The third kappa shape index (κ3) is 2.14. The zero-order valence-corrected chi connectivity index (χ0v) is 11.7. The molecule has 1 aliphatic rings. The number of aromatic amines is 1. The first-order valence-corrected chi connectivity index (χ1v) is 6.76. The molecule has 0 fully saturated rings. The number of aromatic nitrogens is 2. The molecule has 3 nitrogen and oxygen atoms in total. The number of methoxy groups -OCH3 is 1. The van der Waals surface area contributed by atoms with Gasteiger partial charge in [-0.25, -0.2) is 4.98 Å². The molecule has 0 bridgehead atoms. The number of hydrogen-bond donors (Lipinski definition) is 1. The highest BCUT2D eigenvalue weighted by atomic mass is 16.5. The first-order valence-electron chi connectivity index (χ1n) is 6.76. The highest BCUT2D eigenvalue weighted by Crippen LogP contribution is 2.47. The lowest BCUT2D eigenvalue weighted by Gasteiger charge is -2.19. The third-order valence-electron chi connectivity index (χ3n) is 4.21. The number of fused-ring (bicyclic) bond motifs is 1. The molecule has 1 aromatic heterocycles. The van der Waals surface area contributed by atoms with E-state index in [0.717, 1.165) is 12.2 Å². The summed E-state index contributed by atoms with van der Waals surface area (Å²) in [7, 11) is 1.73. The van der Waals surface area contributed by atoms with Crippen LogP contribution in [0.5, 0.6) is 5.75 Å². The van der Waals surface area contributed by atoms with E-state index in [0.29, 0.717) is 5.92 Å². The molecule has 1 atom stereocenters. The zero-order chi connectivity index (χ0) is 13.5. The van der Waals surface area contributed by atoms with Crippen LogP contribution in [0.3, 0.4) is 0 Å². The molecular weight excluding hydrogens is 236 g/mol. The molecule has 0 saturated carbocycles. The van der Waals surface area contributed by atoms with E-state index in [9.17, 15) is 0 Å². The maximum absolute atomic E-state index is 5.37. The molecule has 1 heterocycles. The van der Waals surface area contributed by atoms with E-state index < -0.39 is 0 Å². The summed E-state index contributed by atoms with van der Waals surface area (Å²) in [4.78, 5) is 7.32. The summed E-state index contributed by atoms with van der Waals surface area (Å²) in [5.41, 5.74) is 4.33. The Kier molecular flexibility index (Phi) is 2.85. The summed E-state index contributed by atoms with van der Waals surface area (Å²) < 4.78 is 5.37. The number of rotatable bonds is 3. The van der Waals surface area contributed by atoms with Crippen LogP contribution in [0.25, 0.3) is 0 Å². The number of nitrogens with one attached hydrogen (secondary N) is 1. The third-order valence-corrected chi connectivity index (χ3v) is 4.21. The molecular formula is C16H20N2O. The summed E-state index contributed by atoms with van der Waals surface area (Å²) in [5, 5.41) is 0. The molecule has 0 saturated heterocycles. The van der Waals surface area contributed by atoms with Gasteiger partial charge in [0.05, 0.1) is 13.4 Å². The van der Waals surface area contributed by atoms with Gasteiger partial charge in [-0.05, 0) is 47.4 Å². The van der Waals surface area contributed by atoms with E-state index in [1.807, 2.05) is 6.20 Å². The number of imidazole rings is 1. The lowest BCUT2D eigenvalue weighted by Crippen LogP contribution is -2.12. The van der Waals surface area contributed by atoms with E-state index in [4.69, 9.17) is 4.74 Å². The monoisotopic (exact) mass is 256 g/mol. The fraction of sp³-hybridized carbons (Fsp3) is 0.438. The van der Waals surface area contributed by atoms with Gasteiger partial charge in [-0.3, -0.25) is 0 Å². The lowest BCUT2D eigenvalue weighted by atomic mass is 9.85. The molecule has 1 aromatic carbocycles. The summed E-state index contributed by atoms with van der Waals surface area (Å²) in [6.45, 7) is 4.65. The second kappa shape index (κ2) is 4.41. The van der Waals surface area contributed by atoms with Crippen LogP contribution >= 0.6 is 0 Å². The Hall–Kier alpha value is -1.77. The summed E-state index contributed by atoms with van der Waals surface area (Å²) in [5.74, 6) is 1.49. The molecule has 1 N–H and O–H groups in total. The van der Waals surface area contributed by atoms with Crippen LogP contribution in [-0.2, 0) is 11.8 Å². The van der Waals surface area contributed by atoms with Crippen LogP contribution in [0.15, 0.2) is 30.7 Å². The number of H-pyrrole nitrogens is 1. The van der Waals surface area contributed by atoms with Gasteiger partial charge in [-0.1, -0.05) is 19.9 Å². The van der Waals surface area contributed by atoms with Crippen LogP contribution in [0, 0.1) is 0 Å². The van der Waals surface area contributed by atoms with Gasteiger partial charge in [0.25, 0.3) is 0 Å². The van der Waals surface area contributed by atoms with Crippen molar-refractivity contribution in [3.63, 3.8) is 0 Å². The highest BCUT2D eigenvalue weighted by molar-refractivity contribution is 5.46. The minimum absolute atomic E-state index is 0.242. The number of nitrogens with zero attached hydrogens (tertiary/aromatic N) is 1. The first kappa shape index (κ1) is 12.3. The summed E-state index contributed by atoms with van der Waals surface area (Å²) in [6, 6.07) is 6.49. The molecule has 0 spiro atoms. The van der Waals surface area contributed by atoms with Crippen molar-refractivity contribution >= 4 is 0 Å². The van der Waals surface area contributed by atoms with E-state index in [2.05, 4.69) is 42.0 Å². The van der Waals surface area contributed by atoms with Crippen molar-refractivity contribution < 1.29 is 4.74 Å². The van der Waals surface area contributed by atoms with Crippen molar-refractivity contribution in [1.82, 2.24) is 9.97 Å². The minimum atomic E-state index is 0.242. The van der Waals surface area contributed by atoms with Gasteiger partial charge in [0.2, 0.25) is 0 Å². The molecule has 1 unspecified atom stereocenters. The number of ether oxygens (including phenoxy) is 1. The van der Waals surface area contributed by atoms with E-state index >= 15 is 0 Å². The molecule has 3 heteroatoms. The summed E-state index contributed by atoms with van der Waals surface area (Å²) >= 11 is 0. The highest BCUT2D eigenvalue weighted by Gasteiger charge is 2.37. The van der Waals surface area contributed by atoms with Crippen LogP contribution in [0.4, 0.5) is 0 Å². The topological polar surface area (TPSA) is 37.9 Å². The molecule has 2 aromatic rings. The van der Waals surface area contributed by atoms with Gasteiger partial charge in [0.15, 0.2) is 0 Å².